The molecule has 0 amide bonds. The van der Waals surface area contributed by atoms with Gasteiger partial charge in [-0.15, -0.1) is 0 Å². The smallest absolute Gasteiger partial charge is 0.225 e. The van der Waals surface area contributed by atoms with Crippen LogP contribution in [-0.2, 0) is 0 Å². The third-order valence-electron chi connectivity index (χ3n) is 3.73. The number of halogens is 1. The second kappa shape index (κ2) is 6.45. The topological polar surface area (TPSA) is 62.7 Å². The molecule has 24 heavy (non-hydrogen) atoms. The summed E-state index contributed by atoms with van der Waals surface area (Å²) in [5.74, 6) is 1.38. The summed E-state index contributed by atoms with van der Waals surface area (Å²) in [7, 11) is 0. The number of nitrogens with one attached hydrogen (secondary N) is 2. The van der Waals surface area contributed by atoms with Crippen LogP contribution < -0.4 is 10.6 Å². The molecule has 1 aromatic carbocycles. The summed E-state index contributed by atoms with van der Waals surface area (Å²) in [5, 5.41) is 7.38. The standard InChI is InChI=1S/C18H16ClN5/c19-13-1-3-14(4-2-13)21-17-11-16(12-7-9-20-10-8-12)23-18(24-17)22-15-5-6-15/h1-4,7-11,15H,5-6H2,(H2,21,22,23,24). The van der Waals surface area contributed by atoms with Gasteiger partial charge in [-0.05, 0) is 49.2 Å². The van der Waals surface area contributed by atoms with E-state index < -0.39 is 0 Å². The van der Waals surface area contributed by atoms with Gasteiger partial charge in [-0.2, -0.15) is 4.98 Å². The highest BCUT2D eigenvalue weighted by molar-refractivity contribution is 6.30. The maximum atomic E-state index is 5.94. The lowest BCUT2D eigenvalue weighted by Crippen LogP contribution is -2.07. The molecule has 0 aliphatic heterocycles. The van der Waals surface area contributed by atoms with E-state index in [1.165, 1.54) is 12.8 Å². The molecule has 0 radical (unpaired) electrons. The summed E-state index contributed by atoms with van der Waals surface area (Å²) >= 11 is 5.94. The molecule has 0 spiro atoms. The average molecular weight is 338 g/mol. The molecule has 1 saturated carbocycles. The van der Waals surface area contributed by atoms with Crippen LogP contribution in [0.3, 0.4) is 0 Å². The first kappa shape index (κ1) is 14.9. The van der Waals surface area contributed by atoms with E-state index in [9.17, 15) is 0 Å². The van der Waals surface area contributed by atoms with Crippen molar-refractivity contribution in [2.45, 2.75) is 18.9 Å². The molecule has 2 N–H and O–H groups in total. The number of hydrogen-bond acceptors (Lipinski definition) is 5. The minimum atomic E-state index is 0.487. The average Bonchev–Trinajstić information content (AvgIpc) is 3.42. The van der Waals surface area contributed by atoms with E-state index in [0.29, 0.717) is 17.0 Å². The van der Waals surface area contributed by atoms with Gasteiger partial charge in [-0.3, -0.25) is 4.98 Å². The molecule has 1 aliphatic rings. The van der Waals surface area contributed by atoms with Crippen molar-refractivity contribution in [3.05, 3.63) is 59.9 Å². The summed E-state index contributed by atoms with van der Waals surface area (Å²) in [6, 6.07) is 13.8. The van der Waals surface area contributed by atoms with Gasteiger partial charge in [-0.1, -0.05) is 11.6 Å². The molecule has 4 rings (SSSR count). The Morgan fingerprint density at radius 3 is 2.42 bits per heavy atom. The van der Waals surface area contributed by atoms with Crippen molar-refractivity contribution in [3.63, 3.8) is 0 Å². The molecule has 120 valence electrons. The van der Waals surface area contributed by atoms with Crippen LogP contribution in [0.5, 0.6) is 0 Å². The Bertz CT molecular complexity index is 832. The second-order valence-corrected chi connectivity index (χ2v) is 6.18. The van der Waals surface area contributed by atoms with E-state index in [-0.39, 0.29) is 0 Å². The van der Waals surface area contributed by atoms with Gasteiger partial charge in [0, 0.05) is 40.8 Å². The fourth-order valence-corrected chi connectivity index (χ4v) is 2.46. The molecule has 0 bridgehead atoms. The Hall–Kier alpha value is -2.66. The van der Waals surface area contributed by atoms with E-state index in [2.05, 4.69) is 25.6 Å². The molecule has 0 unspecified atom stereocenters. The number of benzene rings is 1. The highest BCUT2D eigenvalue weighted by atomic mass is 35.5. The molecule has 1 aliphatic carbocycles. The van der Waals surface area contributed by atoms with E-state index in [4.69, 9.17) is 11.6 Å². The predicted molar refractivity (Wildman–Crippen MR) is 96.6 cm³/mol. The maximum Gasteiger partial charge on any atom is 0.225 e. The van der Waals surface area contributed by atoms with Crippen LogP contribution in [0.4, 0.5) is 17.5 Å². The second-order valence-electron chi connectivity index (χ2n) is 5.75. The lowest BCUT2D eigenvalue weighted by molar-refractivity contribution is 1.06. The zero-order valence-electron chi connectivity index (χ0n) is 12.9. The van der Waals surface area contributed by atoms with Gasteiger partial charge >= 0.3 is 0 Å². The number of nitrogens with zero attached hydrogens (tertiary/aromatic N) is 3. The zero-order chi connectivity index (χ0) is 16.4. The first-order valence-corrected chi connectivity index (χ1v) is 8.23. The van der Waals surface area contributed by atoms with Crippen LogP contribution >= 0.6 is 11.6 Å². The summed E-state index contributed by atoms with van der Waals surface area (Å²) in [4.78, 5) is 13.3. The summed E-state index contributed by atoms with van der Waals surface area (Å²) in [5.41, 5.74) is 2.79. The monoisotopic (exact) mass is 337 g/mol. The van der Waals surface area contributed by atoms with Crippen LogP contribution in [0.15, 0.2) is 54.9 Å². The number of aromatic nitrogens is 3. The molecule has 1 fully saturated rings. The number of anilines is 3. The Morgan fingerprint density at radius 1 is 0.958 bits per heavy atom. The SMILES string of the molecule is Clc1ccc(Nc2cc(-c3ccncc3)nc(NC3CC3)n2)cc1. The Labute approximate surface area is 145 Å². The maximum absolute atomic E-state index is 5.94. The minimum Gasteiger partial charge on any atom is -0.351 e. The molecule has 0 saturated heterocycles. The largest absolute Gasteiger partial charge is 0.351 e. The molecule has 3 aromatic rings. The van der Waals surface area contributed by atoms with Gasteiger partial charge in [-0.25, -0.2) is 4.98 Å². The lowest BCUT2D eigenvalue weighted by atomic mass is 10.2. The molecular formula is C18H16ClN5. The first-order chi connectivity index (χ1) is 11.8. The highest BCUT2D eigenvalue weighted by Crippen LogP contribution is 2.27. The van der Waals surface area contributed by atoms with E-state index in [1.807, 2.05) is 42.5 Å². The molecule has 0 atom stereocenters. The van der Waals surface area contributed by atoms with Crippen molar-refractivity contribution < 1.29 is 0 Å². The van der Waals surface area contributed by atoms with Crippen LogP contribution in [0.2, 0.25) is 5.02 Å². The van der Waals surface area contributed by atoms with Crippen LogP contribution in [0, 0.1) is 0 Å². The normalized spacial score (nSPS) is 13.5. The summed E-state index contributed by atoms with van der Waals surface area (Å²) in [6.07, 6.45) is 5.86. The quantitative estimate of drug-likeness (QED) is 0.717. The third-order valence-corrected chi connectivity index (χ3v) is 3.98. The number of pyridine rings is 1. The van der Waals surface area contributed by atoms with Crippen molar-refractivity contribution in [2.75, 3.05) is 10.6 Å². The van der Waals surface area contributed by atoms with Crippen LogP contribution in [0.1, 0.15) is 12.8 Å². The molecule has 5 nitrogen and oxygen atoms in total. The zero-order valence-corrected chi connectivity index (χ0v) is 13.7. The molecular weight excluding hydrogens is 322 g/mol. The van der Waals surface area contributed by atoms with Crippen molar-refractivity contribution in [1.82, 2.24) is 15.0 Å². The van der Waals surface area contributed by atoms with Gasteiger partial charge in [0.15, 0.2) is 0 Å². The van der Waals surface area contributed by atoms with Gasteiger partial charge in [0.2, 0.25) is 5.95 Å². The number of rotatable bonds is 5. The third kappa shape index (κ3) is 3.63. The van der Waals surface area contributed by atoms with Crippen LogP contribution in [-0.4, -0.2) is 21.0 Å². The van der Waals surface area contributed by atoms with Crippen molar-refractivity contribution in [1.29, 1.82) is 0 Å². The number of hydrogen-bond donors (Lipinski definition) is 2. The summed E-state index contributed by atoms with van der Waals surface area (Å²) in [6.45, 7) is 0. The van der Waals surface area contributed by atoms with Crippen molar-refractivity contribution in [3.8, 4) is 11.3 Å². The highest BCUT2D eigenvalue weighted by Gasteiger charge is 2.22. The molecule has 2 heterocycles. The van der Waals surface area contributed by atoms with Crippen LogP contribution in [0.25, 0.3) is 11.3 Å². The van der Waals surface area contributed by atoms with Gasteiger partial charge in [0.1, 0.15) is 5.82 Å². The Kier molecular flexibility index (Phi) is 4.01. The van der Waals surface area contributed by atoms with Crippen molar-refractivity contribution >= 4 is 29.1 Å². The molecule has 2 aromatic heterocycles. The minimum absolute atomic E-state index is 0.487. The Morgan fingerprint density at radius 2 is 1.71 bits per heavy atom. The first-order valence-electron chi connectivity index (χ1n) is 7.85. The fraction of sp³-hybridized carbons (Fsp3) is 0.167. The fourth-order valence-electron chi connectivity index (χ4n) is 2.34. The molecule has 6 heteroatoms. The van der Waals surface area contributed by atoms with E-state index >= 15 is 0 Å². The van der Waals surface area contributed by atoms with Gasteiger partial charge in [0.05, 0.1) is 5.69 Å². The lowest BCUT2D eigenvalue weighted by Gasteiger charge is -2.11. The van der Waals surface area contributed by atoms with Crippen molar-refractivity contribution in [2.24, 2.45) is 0 Å². The predicted octanol–water partition coefficient (Wildman–Crippen LogP) is 4.51. The summed E-state index contributed by atoms with van der Waals surface area (Å²) < 4.78 is 0. The van der Waals surface area contributed by atoms with E-state index in [0.717, 1.165) is 22.8 Å². The van der Waals surface area contributed by atoms with Gasteiger partial charge in [0.25, 0.3) is 0 Å². The Balaban J connectivity index is 1.67. The van der Waals surface area contributed by atoms with E-state index in [1.54, 1.807) is 12.4 Å². The van der Waals surface area contributed by atoms with Gasteiger partial charge < -0.3 is 10.6 Å².